The molecular weight excluding hydrogens is 210 g/mol. The van der Waals surface area contributed by atoms with Crippen LogP contribution in [0.5, 0.6) is 0 Å². The lowest BCUT2D eigenvalue weighted by atomic mass is 10.1. The first kappa shape index (κ1) is 14.0. The van der Waals surface area contributed by atoms with Crippen LogP contribution in [0.15, 0.2) is 18.3 Å². The number of nitrogens with zero attached hydrogens (tertiary/aromatic N) is 2. The van der Waals surface area contributed by atoms with E-state index in [-0.39, 0.29) is 0 Å². The zero-order valence-electron chi connectivity index (χ0n) is 11.5. The van der Waals surface area contributed by atoms with Gasteiger partial charge in [0.1, 0.15) is 5.82 Å². The lowest BCUT2D eigenvalue weighted by molar-refractivity contribution is 0.570. The molecule has 0 saturated carbocycles. The largest absolute Gasteiger partial charge is 0.357 e. The first-order chi connectivity index (χ1) is 8.22. The molecule has 3 heteroatoms. The highest BCUT2D eigenvalue weighted by molar-refractivity contribution is 5.41. The van der Waals surface area contributed by atoms with Gasteiger partial charge in [0.05, 0.1) is 0 Å². The zero-order chi connectivity index (χ0) is 12.7. The summed E-state index contributed by atoms with van der Waals surface area (Å²) in [6, 6.07) is 4.69. The van der Waals surface area contributed by atoms with Crippen molar-refractivity contribution in [2.75, 3.05) is 24.5 Å². The molecule has 0 aliphatic heterocycles. The van der Waals surface area contributed by atoms with Crippen molar-refractivity contribution in [3.8, 4) is 0 Å². The third-order valence-corrected chi connectivity index (χ3v) is 3.06. The molecular formula is C14H25N3. The van der Waals surface area contributed by atoms with Gasteiger partial charge in [-0.1, -0.05) is 6.92 Å². The molecule has 1 unspecified atom stereocenters. The minimum atomic E-state index is 0.396. The Morgan fingerprint density at radius 1 is 1.29 bits per heavy atom. The lowest BCUT2D eigenvalue weighted by Crippen LogP contribution is -2.24. The van der Waals surface area contributed by atoms with E-state index in [4.69, 9.17) is 0 Å². The maximum atomic E-state index is 4.44. The van der Waals surface area contributed by atoms with Gasteiger partial charge in [-0.25, -0.2) is 4.98 Å². The first-order valence-corrected chi connectivity index (χ1v) is 6.67. The Kier molecular flexibility index (Phi) is 5.98. The Hall–Kier alpha value is -1.09. The normalized spacial score (nSPS) is 12.5. The van der Waals surface area contributed by atoms with E-state index >= 15 is 0 Å². The number of hydrogen-bond acceptors (Lipinski definition) is 3. The second-order valence-corrected chi connectivity index (χ2v) is 4.30. The first-order valence-electron chi connectivity index (χ1n) is 6.67. The standard InChI is InChI=1S/C14H25N3/c1-5-9-15-12(4)13-8-10-16-14(11-13)17(6-2)7-3/h8,10-12,15H,5-7,9H2,1-4H3. The van der Waals surface area contributed by atoms with Gasteiger partial charge < -0.3 is 10.2 Å². The average Bonchev–Trinajstić information content (AvgIpc) is 2.38. The second kappa shape index (κ2) is 7.28. The molecule has 0 radical (unpaired) electrons. The van der Waals surface area contributed by atoms with E-state index in [0.717, 1.165) is 25.5 Å². The predicted molar refractivity (Wildman–Crippen MR) is 74.5 cm³/mol. The van der Waals surface area contributed by atoms with Crippen LogP contribution in [0, 0.1) is 0 Å². The monoisotopic (exact) mass is 235 g/mol. The fraction of sp³-hybridized carbons (Fsp3) is 0.643. The van der Waals surface area contributed by atoms with Crippen LogP contribution in [-0.2, 0) is 0 Å². The summed E-state index contributed by atoms with van der Waals surface area (Å²) < 4.78 is 0. The molecule has 1 N–H and O–H groups in total. The third-order valence-electron chi connectivity index (χ3n) is 3.06. The predicted octanol–water partition coefficient (Wildman–Crippen LogP) is 2.99. The van der Waals surface area contributed by atoms with Crippen LogP contribution in [0.3, 0.4) is 0 Å². The molecule has 96 valence electrons. The van der Waals surface area contributed by atoms with Gasteiger partial charge in [0.2, 0.25) is 0 Å². The highest BCUT2D eigenvalue weighted by atomic mass is 15.2. The molecule has 0 aromatic carbocycles. The van der Waals surface area contributed by atoms with Crippen LogP contribution in [0.1, 0.15) is 45.7 Å². The minimum absolute atomic E-state index is 0.396. The summed E-state index contributed by atoms with van der Waals surface area (Å²) in [5.41, 5.74) is 1.32. The van der Waals surface area contributed by atoms with Gasteiger partial charge >= 0.3 is 0 Å². The molecule has 0 bridgehead atoms. The van der Waals surface area contributed by atoms with Crippen molar-refractivity contribution in [1.29, 1.82) is 0 Å². The molecule has 1 heterocycles. The zero-order valence-corrected chi connectivity index (χ0v) is 11.5. The van der Waals surface area contributed by atoms with Gasteiger partial charge in [-0.15, -0.1) is 0 Å². The molecule has 0 saturated heterocycles. The van der Waals surface area contributed by atoms with Gasteiger partial charge in [-0.2, -0.15) is 0 Å². The van der Waals surface area contributed by atoms with Crippen molar-refractivity contribution in [2.24, 2.45) is 0 Å². The van der Waals surface area contributed by atoms with E-state index in [1.54, 1.807) is 0 Å². The van der Waals surface area contributed by atoms with Gasteiger partial charge in [-0.3, -0.25) is 0 Å². The number of nitrogens with one attached hydrogen (secondary N) is 1. The van der Waals surface area contributed by atoms with Crippen LogP contribution in [0.4, 0.5) is 5.82 Å². The molecule has 3 nitrogen and oxygen atoms in total. The van der Waals surface area contributed by atoms with Gasteiger partial charge in [0.25, 0.3) is 0 Å². The summed E-state index contributed by atoms with van der Waals surface area (Å²) in [4.78, 5) is 6.72. The smallest absolute Gasteiger partial charge is 0.128 e. The number of rotatable bonds is 7. The number of pyridine rings is 1. The summed E-state index contributed by atoms with van der Waals surface area (Å²) in [7, 11) is 0. The molecule has 1 rings (SSSR count). The highest BCUT2D eigenvalue weighted by Gasteiger charge is 2.08. The molecule has 0 amide bonds. The lowest BCUT2D eigenvalue weighted by Gasteiger charge is -2.21. The SMILES string of the molecule is CCCNC(C)c1ccnc(N(CC)CC)c1. The van der Waals surface area contributed by atoms with Crippen molar-refractivity contribution in [3.63, 3.8) is 0 Å². The van der Waals surface area contributed by atoms with Crippen molar-refractivity contribution < 1.29 is 0 Å². The van der Waals surface area contributed by atoms with Crippen LogP contribution >= 0.6 is 0 Å². The summed E-state index contributed by atoms with van der Waals surface area (Å²) in [6.45, 7) is 11.8. The van der Waals surface area contributed by atoms with Gasteiger partial charge in [0, 0.05) is 25.3 Å². The molecule has 0 aliphatic carbocycles. The minimum Gasteiger partial charge on any atom is -0.357 e. The Bertz CT molecular complexity index is 321. The van der Waals surface area contributed by atoms with Crippen molar-refractivity contribution >= 4 is 5.82 Å². The Morgan fingerprint density at radius 2 is 2.00 bits per heavy atom. The number of aromatic nitrogens is 1. The Labute approximate surface area is 105 Å². The van der Waals surface area contributed by atoms with E-state index in [1.165, 1.54) is 12.0 Å². The molecule has 1 aromatic heterocycles. The van der Waals surface area contributed by atoms with Crippen molar-refractivity contribution in [2.45, 2.75) is 40.2 Å². The molecule has 0 spiro atoms. The van der Waals surface area contributed by atoms with E-state index < -0.39 is 0 Å². The summed E-state index contributed by atoms with van der Waals surface area (Å²) in [5.74, 6) is 1.08. The highest BCUT2D eigenvalue weighted by Crippen LogP contribution is 2.17. The maximum Gasteiger partial charge on any atom is 0.128 e. The average molecular weight is 235 g/mol. The molecule has 1 aromatic rings. The quantitative estimate of drug-likeness (QED) is 0.787. The van der Waals surface area contributed by atoms with Crippen molar-refractivity contribution in [3.05, 3.63) is 23.9 Å². The van der Waals surface area contributed by atoms with Crippen LogP contribution < -0.4 is 10.2 Å². The fourth-order valence-corrected chi connectivity index (χ4v) is 1.90. The fourth-order valence-electron chi connectivity index (χ4n) is 1.90. The van der Waals surface area contributed by atoms with E-state index in [2.05, 4.69) is 55.0 Å². The number of hydrogen-bond donors (Lipinski definition) is 1. The van der Waals surface area contributed by atoms with Crippen LogP contribution in [-0.4, -0.2) is 24.6 Å². The van der Waals surface area contributed by atoms with Crippen LogP contribution in [0.25, 0.3) is 0 Å². The molecule has 0 aliphatic rings. The van der Waals surface area contributed by atoms with Gasteiger partial charge in [-0.05, 0) is 51.4 Å². The summed E-state index contributed by atoms with van der Waals surface area (Å²) in [5, 5.41) is 3.50. The number of anilines is 1. The molecule has 17 heavy (non-hydrogen) atoms. The van der Waals surface area contributed by atoms with E-state index in [1.807, 2.05) is 6.20 Å². The summed E-state index contributed by atoms with van der Waals surface area (Å²) in [6.07, 6.45) is 3.07. The maximum absolute atomic E-state index is 4.44. The summed E-state index contributed by atoms with van der Waals surface area (Å²) >= 11 is 0. The topological polar surface area (TPSA) is 28.2 Å². The Balaban J connectivity index is 2.77. The third kappa shape index (κ3) is 4.00. The van der Waals surface area contributed by atoms with Gasteiger partial charge in [0.15, 0.2) is 0 Å². The molecule has 0 fully saturated rings. The Morgan fingerprint density at radius 3 is 2.59 bits per heavy atom. The van der Waals surface area contributed by atoms with Crippen molar-refractivity contribution in [1.82, 2.24) is 10.3 Å². The van der Waals surface area contributed by atoms with Crippen LogP contribution in [0.2, 0.25) is 0 Å². The van der Waals surface area contributed by atoms with E-state index in [0.29, 0.717) is 6.04 Å². The van der Waals surface area contributed by atoms with E-state index in [9.17, 15) is 0 Å². The second-order valence-electron chi connectivity index (χ2n) is 4.30. The molecule has 1 atom stereocenters.